The summed E-state index contributed by atoms with van der Waals surface area (Å²) in [4.78, 5) is 4.50. The zero-order valence-electron chi connectivity index (χ0n) is 12.3. The third kappa shape index (κ3) is 3.35. The smallest absolute Gasteiger partial charge is 0.245 e. The van der Waals surface area contributed by atoms with Gasteiger partial charge in [0.2, 0.25) is 10.0 Å². The first-order valence-corrected chi connectivity index (χ1v) is 7.85. The van der Waals surface area contributed by atoms with Gasteiger partial charge < -0.3 is 5.73 Å². The largest absolute Gasteiger partial charge is 0.329 e. The third-order valence-corrected chi connectivity index (χ3v) is 5.43. The van der Waals surface area contributed by atoms with Crippen LogP contribution in [0.25, 0.3) is 10.9 Å². The number of aromatic nitrogens is 1. The van der Waals surface area contributed by atoms with E-state index in [1.165, 1.54) is 4.31 Å². The molecule has 0 spiro atoms. The molecule has 5 nitrogen and oxygen atoms in total. The topological polar surface area (TPSA) is 76.3 Å². The van der Waals surface area contributed by atoms with Crippen molar-refractivity contribution in [3.8, 4) is 0 Å². The molecule has 7 heteroatoms. The van der Waals surface area contributed by atoms with Gasteiger partial charge in [-0.15, -0.1) is 12.4 Å². The molecule has 0 amide bonds. The van der Waals surface area contributed by atoms with Gasteiger partial charge >= 0.3 is 0 Å². The molecule has 0 fully saturated rings. The maximum Gasteiger partial charge on any atom is 0.245 e. The molecule has 1 unspecified atom stereocenters. The van der Waals surface area contributed by atoms with Crippen molar-refractivity contribution >= 4 is 33.3 Å². The third-order valence-electron chi connectivity index (χ3n) is 3.43. The number of rotatable bonds is 4. The summed E-state index contributed by atoms with van der Waals surface area (Å²) >= 11 is 0. The molecular weight excluding hydrogens is 310 g/mol. The highest BCUT2D eigenvalue weighted by atomic mass is 35.5. The second kappa shape index (κ2) is 6.70. The fourth-order valence-electron chi connectivity index (χ4n) is 1.99. The van der Waals surface area contributed by atoms with Crippen LogP contribution >= 0.6 is 12.4 Å². The molecule has 0 saturated carbocycles. The van der Waals surface area contributed by atoms with Crippen molar-refractivity contribution in [1.29, 1.82) is 0 Å². The predicted octanol–water partition coefficient (Wildman–Crippen LogP) is 1.93. The lowest BCUT2D eigenvalue weighted by atomic mass is 10.2. The van der Waals surface area contributed by atoms with Gasteiger partial charge in [-0.3, -0.25) is 4.98 Å². The lowest BCUT2D eigenvalue weighted by molar-refractivity contribution is 0.395. The molecule has 0 saturated heterocycles. The second-order valence-electron chi connectivity index (χ2n) is 4.95. The number of halogens is 1. The number of benzene rings is 1. The molecule has 116 valence electrons. The summed E-state index contributed by atoms with van der Waals surface area (Å²) in [6, 6.07) is 6.84. The molecular formula is C14H20ClN3O2S. The first-order valence-electron chi connectivity index (χ1n) is 6.41. The van der Waals surface area contributed by atoms with Gasteiger partial charge in [0.1, 0.15) is 4.90 Å². The van der Waals surface area contributed by atoms with Crippen LogP contribution in [-0.2, 0) is 10.0 Å². The molecule has 0 aliphatic heterocycles. The van der Waals surface area contributed by atoms with E-state index in [1.54, 1.807) is 32.3 Å². The van der Waals surface area contributed by atoms with Crippen LogP contribution in [0.3, 0.4) is 0 Å². The van der Waals surface area contributed by atoms with Crippen LogP contribution in [-0.4, -0.2) is 37.3 Å². The minimum atomic E-state index is -3.60. The normalized spacial score (nSPS) is 13.2. The highest BCUT2D eigenvalue weighted by Crippen LogP contribution is 2.24. The van der Waals surface area contributed by atoms with Crippen LogP contribution in [0.1, 0.15) is 12.5 Å². The van der Waals surface area contributed by atoms with Gasteiger partial charge in [-0.2, -0.15) is 4.31 Å². The van der Waals surface area contributed by atoms with Gasteiger partial charge in [-0.05, 0) is 31.5 Å². The first kappa shape index (κ1) is 17.8. The number of sulfonamides is 1. The van der Waals surface area contributed by atoms with Crippen LogP contribution in [0.15, 0.2) is 35.4 Å². The van der Waals surface area contributed by atoms with Gasteiger partial charge in [-0.25, -0.2) is 8.42 Å². The lowest BCUT2D eigenvalue weighted by Gasteiger charge is -2.23. The van der Waals surface area contributed by atoms with Crippen molar-refractivity contribution < 1.29 is 8.42 Å². The zero-order chi connectivity index (χ0) is 14.9. The van der Waals surface area contributed by atoms with Crippen LogP contribution < -0.4 is 5.73 Å². The molecule has 0 aliphatic carbocycles. The Morgan fingerprint density at radius 2 is 2.05 bits per heavy atom. The Morgan fingerprint density at radius 1 is 1.38 bits per heavy atom. The molecule has 0 aliphatic rings. The predicted molar refractivity (Wildman–Crippen MR) is 87.2 cm³/mol. The zero-order valence-corrected chi connectivity index (χ0v) is 13.9. The van der Waals surface area contributed by atoms with Crippen molar-refractivity contribution in [2.75, 3.05) is 13.6 Å². The maximum atomic E-state index is 12.7. The second-order valence-corrected chi connectivity index (χ2v) is 6.91. The summed E-state index contributed by atoms with van der Waals surface area (Å²) in [7, 11) is -2.06. The molecule has 1 heterocycles. The lowest BCUT2D eigenvalue weighted by Crippen LogP contribution is -2.39. The first-order chi connectivity index (χ1) is 9.37. The summed E-state index contributed by atoms with van der Waals surface area (Å²) in [6.07, 6.45) is 1.67. The van der Waals surface area contributed by atoms with Crippen LogP contribution in [0.2, 0.25) is 0 Å². The molecule has 21 heavy (non-hydrogen) atoms. The number of hydrogen-bond acceptors (Lipinski definition) is 4. The number of aryl methyl sites for hydroxylation is 1. The highest BCUT2D eigenvalue weighted by Gasteiger charge is 2.26. The Bertz CT molecular complexity index is 734. The maximum absolute atomic E-state index is 12.7. The van der Waals surface area contributed by atoms with E-state index in [9.17, 15) is 8.42 Å². The molecule has 1 aromatic carbocycles. The standard InChI is InChI=1S/C14H19N3O2S.ClH/c1-10-7-12-5-4-6-13(14(12)16-9-10)20(18,19)17(3)11(2)8-15;/h4-7,9,11H,8,15H2,1-3H3;1H. The van der Waals surface area contributed by atoms with E-state index >= 15 is 0 Å². The van der Waals surface area contributed by atoms with E-state index in [2.05, 4.69) is 4.98 Å². The molecule has 2 rings (SSSR count). The van der Waals surface area contributed by atoms with Crippen molar-refractivity contribution in [3.05, 3.63) is 36.0 Å². The van der Waals surface area contributed by atoms with Crippen molar-refractivity contribution in [2.45, 2.75) is 24.8 Å². The summed E-state index contributed by atoms with van der Waals surface area (Å²) < 4.78 is 26.6. The van der Waals surface area contributed by atoms with E-state index in [4.69, 9.17) is 5.73 Å². The Labute approximate surface area is 131 Å². The summed E-state index contributed by atoms with van der Waals surface area (Å²) in [5, 5.41) is 0.819. The molecule has 0 bridgehead atoms. The van der Waals surface area contributed by atoms with Gasteiger partial charge in [0, 0.05) is 31.2 Å². The number of para-hydroxylation sites is 1. The van der Waals surface area contributed by atoms with Crippen molar-refractivity contribution in [3.63, 3.8) is 0 Å². The quantitative estimate of drug-likeness (QED) is 0.930. The van der Waals surface area contributed by atoms with Crippen LogP contribution in [0.5, 0.6) is 0 Å². The Kier molecular flexibility index (Phi) is 5.69. The molecule has 0 radical (unpaired) electrons. The van der Waals surface area contributed by atoms with Gasteiger partial charge in [0.05, 0.1) is 5.52 Å². The SMILES string of the molecule is Cc1cnc2c(S(=O)(=O)N(C)C(C)CN)cccc2c1.Cl. The number of nitrogens with zero attached hydrogens (tertiary/aromatic N) is 2. The number of hydrogen-bond donors (Lipinski definition) is 1. The van der Waals surface area contributed by atoms with Crippen LogP contribution in [0, 0.1) is 6.92 Å². The fraction of sp³-hybridized carbons (Fsp3) is 0.357. The van der Waals surface area contributed by atoms with Crippen LogP contribution in [0.4, 0.5) is 0 Å². The fourth-order valence-corrected chi connectivity index (χ4v) is 3.53. The number of nitrogens with two attached hydrogens (primary N) is 1. The minimum Gasteiger partial charge on any atom is -0.329 e. The number of pyridine rings is 1. The van der Waals surface area contributed by atoms with Crippen molar-refractivity contribution in [2.24, 2.45) is 5.73 Å². The molecule has 2 aromatic rings. The van der Waals surface area contributed by atoms with E-state index < -0.39 is 10.0 Å². The monoisotopic (exact) mass is 329 g/mol. The Balaban J connectivity index is 0.00000220. The van der Waals surface area contributed by atoms with Gasteiger partial charge in [-0.1, -0.05) is 12.1 Å². The van der Waals surface area contributed by atoms with E-state index in [1.807, 2.05) is 19.1 Å². The summed E-state index contributed by atoms with van der Waals surface area (Å²) in [5.41, 5.74) is 7.05. The average Bonchev–Trinajstić information content (AvgIpc) is 2.44. The molecule has 1 aromatic heterocycles. The van der Waals surface area contributed by atoms with E-state index in [-0.39, 0.29) is 29.9 Å². The summed E-state index contributed by atoms with van der Waals surface area (Å²) in [6.45, 7) is 3.98. The summed E-state index contributed by atoms with van der Waals surface area (Å²) in [5.74, 6) is 0. The minimum absolute atomic E-state index is 0. The molecule has 1 atom stereocenters. The average molecular weight is 330 g/mol. The number of likely N-dealkylation sites (N-methyl/N-ethyl adjacent to an activating group) is 1. The highest BCUT2D eigenvalue weighted by molar-refractivity contribution is 7.89. The van der Waals surface area contributed by atoms with E-state index in [0.29, 0.717) is 5.52 Å². The number of fused-ring (bicyclic) bond motifs is 1. The van der Waals surface area contributed by atoms with Crippen molar-refractivity contribution in [1.82, 2.24) is 9.29 Å². The van der Waals surface area contributed by atoms with Gasteiger partial charge in [0.25, 0.3) is 0 Å². The van der Waals surface area contributed by atoms with Gasteiger partial charge in [0.15, 0.2) is 0 Å². The Morgan fingerprint density at radius 3 is 2.67 bits per heavy atom. The molecule has 2 N–H and O–H groups in total. The van der Waals surface area contributed by atoms with E-state index in [0.717, 1.165) is 10.9 Å². The Hall–Kier alpha value is -1.21.